The summed E-state index contributed by atoms with van der Waals surface area (Å²) < 4.78 is 0. The van der Waals surface area contributed by atoms with E-state index in [-0.39, 0.29) is 0 Å². The molecule has 1 unspecified atom stereocenters. The molecule has 0 aliphatic carbocycles. The van der Waals surface area contributed by atoms with Gasteiger partial charge in [0.05, 0.1) is 5.69 Å². The second-order valence-corrected chi connectivity index (χ2v) is 4.04. The number of nitrogens with one attached hydrogen (secondary N) is 1. The lowest BCUT2D eigenvalue weighted by molar-refractivity contribution is 0.564. The van der Waals surface area contributed by atoms with Crippen LogP contribution in [0.4, 0.5) is 5.13 Å². The molecule has 4 heteroatoms. The first-order chi connectivity index (χ1) is 6.19. The lowest BCUT2D eigenvalue weighted by atomic mass is 10.2. The number of rotatable bonds is 4. The van der Waals surface area contributed by atoms with E-state index in [2.05, 4.69) is 22.6 Å². The minimum absolute atomic E-state index is 0.393. The molecule has 1 aromatic heterocycles. The van der Waals surface area contributed by atoms with Gasteiger partial charge in [0.25, 0.3) is 0 Å². The van der Waals surface area contributed by atoms with Crippen LogP contribution in [0.2, 0.25) is 0 Å². The zero-order valence-electron chi connectivity index (χ0n) is 8.66. The van der Waals surface area contributed by atoms with Gasteiger partial charge in [-0.25, -0.2) is 4.98 Å². The van der Waals surface area contributed by atoms with E-state index in [0.29, 0.717) is 6.04 Å². The first kappa shape index (κ1) is 10.5. The topological polar surface area (TPSA) is 28.2 Å². The minimum Gasteiger partial charge on any atom is -0.354 e. The fourth-order valence-corrected chi connectivity index (χ4v) is 2.01. The Morgan fingerprint density at radius 3 is 2.69 bits per heavy atom. The normalized spacial score (nSPS) is 12.9. The van der Waals surface area contributed by atoms with E-state index in [0.717, 1.165) is 17.2 Å². The number of hydrogen-bond acceptors (Lipinski definition) is 4. The Morgan fingerprint density at radius 2 is 2.31 bits per heavy atom. The molecule has 1 N–H and O–H groups in total. The minimum atomic E-state index is 0.393. The van der Waals surface area contributed by atoms with Crippen LogP contribution in [0.1, 0.15) is 25.1 Å². The van der Waals surface area contributed by atoms with Crippen molar-refractivity contribution in [2.75, 3.05) is 26.0 Å². The van der Waals surface area contributed by atoms with Crippen molar-refractivity contribution in [3.63, 3.8) is 0 Å². The van der Waals surface area contributed by atoms with Crippen LogP contribution >= 0.6 is 11.3 Å². The van der Waals surface area contributed by atoms with E-state index in [1.54, 1.807) is 11.3 Å². The van der Waals surface area contributed by atoms with Gasteiger partial charge in [-0.3, -0.25) is 0 Å². The molecule has 0 radical (unpaired) electrons. The lowest BCUT2D eigenvalue weighted by Gasteiger charge is -2.10. The maximum atomic E-state index is 4.53. The zero-order valence-corrected chi connectivity index (χ0v) is 9.48. The third-order valence-electron chi connectivity index (χ3n) is 2.01. The summed E-state index contributed by atoms with van der Waals surface area (Å²) in [6.07, 6.45) is 1.08. The Hall–Kier alpha value is -0.610. The quantitative estimate of drug-likeness (QED) is 0.802. The van der Waals surface area contributed by atoms with E-state index in [1.807, 2.05) is 26.0 Å². The van der Waals surface area contributed by atoms with Gasteiger partial charge in [-0.2, -0.15) is 0 Å². The highest BCUT2D eigenvalue weighted by Gasteiger charge is 2.11. The van der Waals surface area contributed by atoms with Gasteiger partial charge in [0.1, 0.15) is 0 Å². The number of aromatic nitrogens is 1. The highest BCUT2D eigenvalue weighted by atomic mass is 32.1. The summed E-state index contributed by atoms with van der Waals surface area (Å²) in [5.41, 5.74) is 1.15. The maximum absolute atomic E-state index is 4.53. The van der Waals surface area contributed by atoms with Crippen molar-refractivity contribution in [2.24, 2.45) is 0 Å². The average molecular weight is 199 g/mol. The van der Waals surface area contributed by atoms with E-state index >= 15 is 0 Å². The molecular weight excluding hydrogens is 182 g/mol. The van der Waals surface area contributed by atoms with Crippen molar-refractivity contribution in [3.05, 3.63) is 11.1 Å². The SMILES string of the molecule is CCC(NC)c1csc(N(C)C)n1. The molecule has 0 saturated carbocycles. The third-order valence-corrected chi connectivity index (χ3v) is 3.03. The van der Waals surface area contributed by atoms with Gasteiger partial charge in [0.2, 0.25) is 0 Å². The lowest BCUT2D eigenvalue weighted by Crippen LogP contribution is -2.16. The van der Waals surface area contributed by atoms with Gasteiger partial charge in [0, 0.05) is 25.5 Å². The Balaban J connectivity index is 2.78. The van der Waals surface area contributed by atoms with Gasteiger partial charge >= 0.3 is 0 Å². The van der Waals surface area contributed by atoms with Crippen LogP contribution in [-0.2, 0) is 0 Å². The van der Waals surface area contributed by atoms with Crippen LogP contribution in [0.5, 0.6) is 0 Å². The molecule has 0 spiro atoms. The summed E-state index contributed by atoms with van der Waals surface area (Å²) in [6, 6.07) is 0.393. The first-order valence-electron chi connectivity index (χ1n) is 4.49. The molecule has 1 aromatic rings. The Labute approximate surface area is 83.8 Å². The molecule has 1 atom stereocenters. The van der Waals surface area contributed by atoms with E-state index in [1.165, 1.54) is 0 Å². The van der Waals surface area contributed by atoms with Crippen LogP contribution in [0.15, 0.2) is 5.38 Å². The molecule has 1 rings (SSSR count). The summed E-state index contributed by atoms with van der Waals surface area (Å²) in [7, 11) is 6.01. The van der Waals surface area contributed by atoms with Crippen molar-refractivity contribution in [2.45, 2.75) is 19.4 Å². The van der Waals surface area contributed by atoms with Crippen LogP contribution in [0.3, 0.4) is 0 Å². The van der Waals surface area contributed by atoms with Gasteiger partial charge in [0.15, 0.2) is 5.13 Å². The second-order valence-electron chi connectivity index (χ2n) is 3.20. The summed E-state index contributed by atoms with van der Waals surface area (Å²) in [5, 5.41) is 6.44. The zero-order chi connectivity index (χ0) is 9.84. The predicted octanol–water partition coefficient (Wildman–Crippen LogP) is 1.88. The number of thiazole rings is 1. The standard InChI is InChI=1S/C9H17N3S/c1-5-7(10-2)8-6-13-9(11-8)12(3)4/h6-7,10H,5H2,1-4H3. The molecule has 3 nitrogen and oxygen atoms in total. The molecule has 0 aliphatic heterocycles. The number of nitrogens with zero attached hydrogens (tertiary/aromatic N) is 2. The highest BCUT2D eigenvalue weighted by molar-refractivity contribution is 7.13. The maximum Gasteiger partial charge on any atom is 0.185 e. The molecule has 0 amide bonds. The van der Waals surface area contributed by atoms with Crippen molar-refractivity contribution < 1.29 is 0 Å². The fraction of sp³-hybridized carbons (Fsp3) is 0.667. The molecule has 0 saturated heterocycles. The molecule has 1 heterocycles. The van der Waals surface area contributed by atoms with E-state index in [4.69, 9.17) is 0 Å². The Morgan fingerprint density at radius 1 is 1.62 bits per heavy atom. The number of hydrogen-bond donors (Lipinski definition) is 1. The van der Waals surface area contributed by atoms with Crippen molar-refractivity contribution in [1.29, 1.82) is 0 Å². The molecule has 0 aromatic carbocycles. The van der Waals surface area contributed by atoms with Gasteiger partial charge in [-0.15, -0.1) is 11.3 Å². The highest BCUT2D eigenvalue weighted by Crippen LogP contribution is 2.23. The van der Waals surface area contributed by atoms with E-state index in [9.17, 15) is 0 Å². The molecule has 0 bridgehead atoms. The monoisotopic (exact) mass is 199 g/mol. The van der Waals surface area contributed by atoms with Crippen molar-refractivity contribution in [1.82, 2.24) is 10.3 Å². The van der Waals surface area contributed by atoms with Crippen LogP contribution in [-0.4, -0.2) is 26.1 Å². The predicted molar refractivity (Wildman–Crippen MR) is 58.5 cm³/mol. The number of anilines is 1. The smallest absolute Gasteiger partial charge is 0.185 e. The van der Waals surface area contributed by atoms with Crippen LogP contribution in [0.25, 0.3) is 0 Å². The van der Waals surface area contributed by atoms with Gasteiger partial charge in [-0.1, -0.05) is 6.92 Å². The van der Waals surface area contributed by atoms with Gasteiger partial charge < -0.3 is 10.2 Å². The van der Waals surface area contributed by atoms with Crippen LogP contribution in [0, 0.1) is 0 Å². The largest absolute Gasteiger partial charge is 0.354 e. The van der Waals surface area contributed by atoms with E-state index < -0.39 is 0 Å². The van der Waals surface area contributed by atoms with Crippen LogP contribution < -0.4 is 10.2 Å². The Bertz CT molecular complexity index is 253. The first-order valence-corrected chi connectivity index (χ1v) is 5.37. The average Bonchev–Trinajstić information content (AvgIpc) is 2.56. The molecule has 0 aliphatic rings. The van der Waals surface area contributed by atoms with Crippen molar-refractivity contribution >= 4 is 16.5 Å². The molecule has 13 heavy (non-hydrogen) atoms. The molecule has 0 fully saturated rings. The molecule has 74 valence electrons. The van der Waals surface area contributed by atoms with Gasteiger partial charge in [-0.05, 0) is 13.5 Å². The summed E-state index contributed by atoms with van der Waals surface area (Å²) >= 11 is 1.69. The summed E-state index contributed by atoms with van der Waals surface area (Å²) in [4.78, 5) is 6.57. The summed E-state index contributed by atoms with van der Waals surface area (Å²) in [6.45, 7) is 2.16. The second kappa shape index (κ2) is 4.58. The third kappa shape index (κ3) is 2.42. The fourth-order valence-electron chi connectivity index (χ4n) is 1.20. The van der Waals surface area contributed by atoms with Crippen molar-refractivity contribution in [3.8, 4) is 0 Å². The Kier molecular flexibility index (Phi) is 3.69. The molecular formula is C9H17N3S. The summed E-state index contributed by atoms with van der Waals surface area (Å²) in [5.74, 6) is 0.